The number of esters is 1. The van der Waals surface area contributed by atoms with Crippen LogP contribution in [0.4, 0.5) is 11.4 Å². The maximum Gasteiger partial charge on any atom is 0.338 e. The van der Waals surface area contributed by atoms with Crippen molar-refractivity contribution >= 4 is 17.3 Å². The molecule has 0 spiro atoms. The van der Waals surface area contributed by atoms with Crippen LogP contribution in [-0.4, -0.2) is 33.2 Å². The number of ether oxygens (including phenoxy) is 1. The summed E-state index contributed by atoms with van der Waals surface area (Å²) in [6.07, 6.45) is 1.13. The van der Waals surface area contributed by atoms with Gasteiger partial charge in [-0.25, -0.2) is 4.79 Å². The van der Waals surface area contributed by atoms with Crippen molar-refractivity contribution in [3.63, 3.8) is 0 Å². The van der Waals surface area contributed by atoms with E-state index in [1.165, 1.54) is 11.3 Å². The van der Waals surface area contributed by atoms with Crippen LogP contribution in [0, 0.1) is 0 Å². The lowest BCUT2D eigenvalue weighted by Crippen LogP contribution is -2.21. The smallest absolute Gasteiger partial charge is 0.338 e. The molecule has 0 heterocycles. The average molecular weight is 401 g/mol. The highest BCUT2D eigenvalue weighted by atomic mass is 16.5. The first-order valence-electron chi connectivity index (χ1n) is 10.3. The van der Waals surface area contributed by atoms with Crippen LogP contribution in [0.2, 0.25) is 0 Å². The number of hydrogen-bond acceptors (Lipinski definition) is 4. The minimum absolute atomic E-state index is 0.285. The van der Waals surface area contributed by atoms with Gasteiger partial charge in [0.2, 0.25) is 0 Å². The SMILES string of the molecule is CN(C)c1ccc(C2CC2N(C)c2cccc(C(=O)OCc3ccccc3)c2)cc1. The molecule has 1 aliphatic carbocycles. The van der Waals surface area contributed by atoms with E-state index in [2.05, 4.69) is 61.3 Å². The number of carbonyl (C=O) groups excluding carboxylic acids is 1. The molecular formula is C26H28N2O2. The van der Waals surface area contributed by atoms with Crippen LogP contribution in [0.1, 0.15) is 33.8 Å². The van der Waals surface area contributed by atoms with Crippen molar-refractivity contribution in [2.45, 2.75) is 25.0 Å². The Hall–Kier alpha value is -3.27. The van der Waals surface area contributed by atoms with Crippen LogP contribution in [-0.2, 0) is 11.3 Å². The Morgan fingerprint density at radius 1 is 0.900 bits per heavy atom. The molecule has 154 valence electrons. The van der Waals surface area contributed by atoms with E-state index in [9.17, 15) is 4.79 Å². The third-order valence-corrected chi connectivity index (χ3v) is 5.79. The quantitative estimate of drug-likeness (QED) is 0.517. The zero-order chi connectivity index (χ0) is 21.1. The summed E-state index contributed by atoms with van der Waals surface area (Å²) in [4.78, 5) is 16.9. The number of nitrogens with zero attached hydrogens (tertiary/aromatic N) is 2. The fourth-order valence-electron chi connectivity index (χ4n) is 3.84. The molecule has 0 saturated heterocycles. The van der Waals surface area contributed by atoms with Crippen LogP contribution in [0.15, 0.2) is 78.9 Å². The fourth-order valence-corrected chi connectivity index (χ4v) is 3.84. The van der Waals surface area contributed by atoms with Crippen molar-refractivity contribution in [1.29, 1.82) is 0 Å². The van der Waals surface area contributed by atoms with Gasteiger partial charge in [-0.1, -0.05) is 48.5 Å². The van der Waals surface area contributed by atoms with E-state index >= 15 is 0 Å². The second kappa shape index (κ2) is 8.62. The van der Waals surface area contributed by atoms with Crippen LogP contribution < -0.4 is 9.80 Å². The Morgan fingerprint density at radius 2 is 1.63 bits per heavy atom. The Balaban J connectivity index is 1.39. The molecule has 0 N–H and O–H groups in total. The molecule has 4 heteroatoms. The van der Waals surface area contributed by atoms with E-state index in [0.717, 1.165) is 17.7 Å². The summed E-state index contributed by atoms with van der Waals surface area (Å²) in [6.45, 7) is 0.285. The minimum Gasteiger partial charge on any atom is -0.457 e. The lowest BCUT2D eigenvalue weighted by atomic mass is 10.1. The fraction of sp³-hybridized carbons (Fsp3) is 0.269. The first kappa shape index (κ1) is 20.0. The molecule has 1 saturated carbocycles. The maximum absolute atomic E-state index is 12.5. The van der Waals surface area contributed by atoms with Gasteiger partial charge in [-0.2, -0.15) is 0 Å². The molecule has 0 aromatic heterocycles. The summed E-state index contributed by atoms with van der Waals surface area (Å²) in [5.74, 6) is 0.237. The summed E-state index contributed by atoms with van der Waals surface area (Å²) < 4.78 is 5.48. The van der Waals surface area contributed by atoms with Gasteiger partial charge in [0.1, 0.15) is 6.61 Å². The van der Waals surface area contributed by atoms with Crippen LogP contribution in [0.3, 0.4) is 0 Å². The molecule has 0 radical (unpaired) electrons. The summed E-state index contributed by atoms with van der Waals surface area (Å²) in [5.41, 5.74) is 5.20. The number of likely N-dealkylation sites (N-methyl/N-ethyl adjacent to an activating group) is 1. The number of carbonyl (C=O) groups is 1. The van der Waals surface area contributed by atoms with E-state index in [-0.39, 0.29) is 12.6 Å². The van der Waals surface area contributed by atoms with Gasteiger partial charge in [-0.05, 0) is 47.9 Å². The Kier molecular flexibility index (Phi) is 5.75. The van der Waals surface area contributed by atoms with Crippen molar-refractivity contribution in [2.24, 2.45) is 0 Å². The lowest BCUT2D eigenvalue weighted by molar-refractivity contribution is 0.0473. The Bertz CT molecular complexity index is 999. The highest BCUT2D eigenvalue weighted by Crippen LogP contribution is 2.45. The van der Waals surface area contributed by atoms with Gasteiger partial charge in [0.15, 0.2) is 0 Å². The average Bonchev–Trinajstić information content (AvgIpc) is 3.59. The van der Waals surface area contributed by atoms with Gasteiger partial charge >= 0.3 is 5.97 Å². The van der Waals surface area contributed by atoms with Crippen molar-refractivity contribution in [2.75, 3.05) is 30.9 Å². The molecule has 2 atom stereocenters. The van der Waals surface area contributed by atoms with Crippen molar-refractivity contribution in [1.82, 2.24) is 0 Å². The first-order valence-corrected chi connectivity index (χ1v) is 10.3. The van der Waals surface area contributed by atoms with Gasteiger partial charge in [-0.3, -0.25) is 0 Å². The van der Waals surface area contributed by atoms with Gasteiger partial charge in [-0.15, -0.1) is 0 Å². The third-order valence-electron chi connectivity index (χ3n) is 5.79. The molecule has 30 heavy (non-hydrogen) atoms. The van der Waals surface area contributed by atoms with Gasteiger partial charge in [0.25, 0.3) is 0 Å². The zero-order valence-corrected chi connectivity index (χ0v) is 17.8. The van der Waals surface area contributed by atoms with E-state index in [1.807, 2.05) is 48.5 Å². The van der Waals surface area contributed by atoms with Crippen molar-refractivity contribution < 1.29 is 9.53 Å². The van der Waals surface area contributed by atoms with Crippen LogP contribution in [0.25, 0.3) is 0 Å². The molecule has 3 aromatic carbocycles. The van der Waals surface area contributed by atoms with Gasteiger partial charge < -0.3 is 14.5 Å². The largest absolute Gasteiger partial charge is 0.457 e. The topological polar surface area (TPSA) is 32.8 Å². The van der Waals surface area contributed by atoms with E-state index < -0.39 is 0 Å². The molecule has 3 aromatic rings. The van der Waals surface area contributed by atoms with Crippen LogP contribution in [0.5, 0.6) is 0 Å². The maximum atomic E-state index is 12.5. The molecule has 1 fully saturated rings. The molecular weight excluding hydrogens is 372 g/mol. The minimum atomic E-state index is -0.291. The summed E-state index contributed by atoms with van der Waals surface area (Å²) >= 11 is 0. The highest BCUT2D eigenvalue weighted by molar-refractivity contribution is 5.90. The third kappa shape index (κ3) is 4.48. The van der Waals surface area contributed by atoms with Crippen LogP contribution >= 0.6 is 0 Å². The number of benzene rings is 3. The number of hydrogen-bond donors (Lipinski definition) is 0. The van der Waals surface area contributed by atoms with E-state index in [4.69, 9.17) is 4.74 Å². The molecule has 1 aliphatic rings. The first-order chi connectivity index (χ1) is 14.5. The van der Waals surface area contributed by atoms with E-state index in [0.29, 0.717) is 17.5 Å². The standard InChI is InChI=1S/C26H28N2O2/c1-27(2)22-14-12-20(13-15-22)24-17-25(24)28(3)23-11-7-10-21(16-23)26(29)30-18-19-8-5-4-6-9-19/h4-16,24-25H,17-18H2,1-3H3. The number of anilines is 2. The highest BCUT2D eigenvalue weighted by Gasteiger charge is 2.41. The van der Waals surface area contributed by atoms with E-state index in [1.54, 1.807) is 0 Å². The Labute approximate surface area is 178 Å². The molecule has 0 amide bonds. The second-order valence-corrected chi connectivity index (χ2v) is 8.12. The normalized spacial score (nSPS) is 17.3. The summed E-state index contributed by atoms with van der Waals surface area (Å²) in [5, 5.41) is 0. The van der Waals surface area contributed by atoms with Crippen molar-refractivity contribution in [3.8, 4) is 0 Å². The predicted molar refractivity (Wildman–Crippen MR) is 122 cm³/mol. The Morgan fingerprint density at radius 3 is 2.33 bits per heavy atom. The van der Waals surface area contributed by atoms with Crippen molar-refractivity contribution in [3.05, 3.63) is 95.6 Å². The molecule has 2 unspecified atom stereocenters. The second-order valence-electron chi connectivity index (χ2n) is 8.12. The summed E-state index contributed by atoms with van der Waals surface area (Å²) in [6, 6.07) is 26.7. The summed E-state index contributed by atoms with van der Waals surface area (Å²) in [7, 11) is 6.22. The molecule has 4 nitrogen and oxygen atoms in total. The molecule has 4 rings (SSSR count). The predicted octanol–water partition coefficient (Wildman–Crippen LogP) is 5.10. The number of rotatable bonds is 7. The lowest BCUT2D eigenvalue weighted by Gasteiger charge is -2.20. The van der Waals surface area contributed by atoms with Gasteiger partial charge in [0, 0.05) is 44.5 Å². The monoisotopic (exact) mass is 400 g/mol. The zero-order valence-electron chi connectivity index (χ0n) is 17.8. The molecule has 0 bridgehead atoms. The molecule has 0 aliphatic heterocycles. The van der Waals surface area contributed by atoms with Gasteiger partial charge in [0.05, 0.1) is 5.56 Å².